The molecule has 2 aromatic rings. The fourth-order valence-electron chi connectivity index (χ4n) is 2.90. The molecule has 8 heteroatoms. The summed E-state index contributed by atoms with van der Waals surface area (Å²) in [4.78, 5) is 32.7. The predicted molar refractivity (Wildman–Crippen MR) is 106 cm³/mol. The van der Waals surface area contributed by atoms with Crippen LogP contribution in [0.5, 0.6) is 0 Å². The SMILES string of the molecule is CCOC(=O)C1(NC(=O)c2cnc(NCC(C)(C)c3ccc(F)cc3)nc2)CC1. The molecule has 0 bridgehead atoms. The number of esters is 1. The molecule has 0 saturated heterocycles. The summed E-state index contributed by atoms with van der Waals surface area (Å²) >= 11 is 0. The molecule has 1 amide bonds. The average molecular weight is 400 g/mol. The summed E-state index contributed by atoms with van der Waals surface area (Å²) in [7, 11) is 0. The minimum atomic E-state index is -0.913. The molecular formula is C21H25FN4O3. The monoisotopic (exact) mass is 400 g/mol. The van der Waals surface area contributed by atoms with Gasteiger partial charge < -0.3 is 15.4 Å². The van der Waals surface area contributed by atoms with Crippen molar-refractivity contribution in [3.8, 4) is 0 Å². The first-order valence-corrected chi connectivity index (χ1v) is 9.57. The molecule has 2 N–H and O–H groups in total. The largest absolute Gasteiger partial charge is 0.464 e. The number of halogens is 1. The number of benzene rings is 1. The molecule has 1 aromatic heterocycles. The van der Waals surface area contributed by atoms with Crippen LogP contribution in [0.3, 0.4) is 0 Å². The molecule has 29 heavy (non-hydrogen) atoms. The number of anilines is 1. The van der Waals surface area contributed by atoms with Crippen LogP contribution in [-0.2, 0) is 14.9 Å². The standard InChI is InChI=1S/C21H25FN4O3/c1-4-29-18(28)21(9-10-21)26-17(27)14-11-23-19(24-12-14)25-13-20(2,3)15-5-7-16(22)8-6-15/h5-8,11-12H,4,9-10,13H2,1-3H3,(H,26,27)(H,23,24,25). The van der Waals surface area contributed by atoms with Crippen molar-refractivity contribution in [1.82, 2.24) is 15.3 Å². The number of hydrogen-bond donors (Lipinski definition) is 2. The van der Waals surface area contributed by atoms with Crippen molar-refractivity contribution in [2.75, 3.05) is 18.5 Å². The van der Waals surface area contributed by atoms with Gasteiger partial charge in [0.15, 0.2) is 0 Å². The zero-order chi connectivity index (χ0) is 21.1. The Labute approximate surface area is 169 Å². The van der Waals surface area contributed by atoms with Gasteiger partial charge in [-0.15, -0.1) is 0 Å². The highest BCUT2D eigenvalue weighted by Crippen LogP contribution is 2.37. The Bertz CT molecular complexity index is 878. The van der Waals surface area contributed by atoms with E-state index in [4.69, 9.17) is 4.74 Å². The van der Waals surface area contributed by atoms with Gasteiger partial charge >= 0.3 is 5.97 Å². The fourth-order valence-corrected chi connectivity index (χ4v) is 2.90. The van der Waals surface area contributed by atoms with Gasteiger partial charge in [-0.05, 0) is 37.5 Å². The fraction of sp³-hybridized carbons (Fsp3) is 0.429. The number of amides is 1. The Balaban J connectivity index is 1.58. The van der Waals surface area contributed by atoms with Crippen LogP contribution in [-0.4, -0.2) is 40.5 Å². The number of aromatic nitrogens is 2. The van der Waals surface area contributed by atoms with E-state index in [-0.39, 0.29) is 23.4 Å². The third kappa shape index (κ3) is 4.88. The maximum atomic E-state index is 13.1. The van der Waals surface area contributed by atoms with E-state index in [0.717, 1.165) is 5.56 Å². The third-order valence-corrected chi connectivity index (χ3v) is 5.00. The van der Waals surface area contributed by atoms with Crippen LogP contribution in [0.15, 0.2) is 36.7 Å². The second kappa shape index (κ2) is 8.14. The maximum Gasteiger partial charge on any atom is 0.331 e. The first-order valence-electron chi connectivity index (χ1n) is 9.57. The minimum absolute atomic E-state index is 0.268. The van der Waals surface area contributed by atoms with E-state index in [9.17, 15) is 14.0 Å². The van der Waals surface area contributed by atoms with Crippen LogP contribution in [0.2, 0.25) is 0 Å². The van der Waals surface area contributed by atoms with Crippen LogP contribution in [0.1, 0.15) is 49.5 Å². The van der Waals surface area contributed by atoms with Gasteiger partial charge in [-0.3, -0.25) is 4.79 Å². The van der Waals surface area contributed by atoms with Crippen molar-refractivity contribution in [1.29, 1.82) is 0 Å². The Morgan fingerprint density at radius 1 is 1.17 bits per heavy atom. The van der Waals surface area contributed by atoms with Gasteiger partial charge in [0.2, 0.25) is 5.95 Å². The lowest BCUT2D eigenvalue weighted by molar-refractivity contribution is -0.146. The Kier molecular flexibility index (Phi) is 5.81. The highest BCUT2D eigenvalue weighted by Gasteiger charge is 2.52. The van der Waals surface area contributed by atoms with E-state index in [1.165, 1.54) is 24.5 Å². The van der Waals surface area contributed by atoms with Crippen molar-refractivity contribution in [2.45, 2.75) is 44.6 Å². The normalized spacial score (nSPS) is 14.8. The van der Waals surface area contributed by atoms with Gasteiger partial charge in [-0.25, -0.2) is 19.2 Å². The average Bonchev–Trinajstić information content (AvgIpc) is 3.48. The molecule has 1 aliphatic rings. The summed E-state index contributed by atoms with van der Waals surface area (Å²) in [6.07, 6.45) is 3.96. The number of rotatable bonds is 8. The highest BCUT2D eigenvalue weighted by atomic mass is 19.1. The van der Waals surface area contributed by atoms with Gasteiger partial charge in [0.05, 0.1) is 12.2 Å². The molecule has 7 nitrogen and oxygen atoms in total. The van der Waals surface area contributed by atoms with Gasteiger partial charge in [0.25, 0.3) is 5.91 Å². The number of carbonyl (C=O) groups is 2. The van der Waals surface area contributed by atoms with Crippen LogP contribution < -0.4 is 10.6 Å². The molecule has 1 heterocycles. The van der Waals surface area contributed by atoms with Crippen LogP contribution in [0.25, 0.3) is 0 Å². The quantitative estimate of drug-likeness (QED) is 0.662. The van der Waals surface area contributed by atoms with Crippen molar-refractivity contribution in [2.24, 2.45) is 0 Å². The number of nitrogens with zero attached hydrogens (tertiary/aromatic N) is 2. The Morgan fingerprint density at radius 3 is 2.34 bits per heavy atom. The van der Waals surface area contributed by atoms with Crippen LogP contribution in [0, 0.1) is 5.82 Å². The molecule has 3 rings (SSSR count). The van der Waals surface area contributed by atoms with E-state index < -0.39 is 17.4 Å². The molecule has 154 valence electrons. The number of nitrogens with one attached hydrogen (secondary N) is 2. The lowest BCUT2D eigenvalue weighted by atomic mass is 9.84. The Hall–Kier alpha value is -3.03. The summed E-state index contributed by atoms with van der Waals surface area (Å²) in [5.41, 5.74) is 0.0638. The second-order valence-electron chi connectivity index (χ2n) is 7.80. The van der Waals surface area contributed by atoms with Crippen LogP contribution in [0.4, 0.5) is 10.3 Å². The number of ether oxygens (including phenoxy) is 1. The van der Waals surface area contributed by atoms with E-state index in [0.29, 0.717) is 25.3 Å². The van der Waals surface area contributed by atoms with Gasteiger partial charge in [0.1, 0.15) is 11.4 Å². The van der Waals surface area contributed by atoms with E-state index >= 15 is 0 Å². The second-order valence-corrected chi connectivity index (χ2v) is 7.80. The summed E-state index contributed by atoms with van der Waals surface area (Å²) < 4.78 is 18.1. The summed E-state index contributed by atoms with van der Waals surface area (Å²) in [6, 6.07) is 6.37. The zero-order valence-electron chi connectivity index (χ0n) is 16.8. The van der Waals surface area contributed by atoms with E-state index in [2.05, 4.69) is 20.6 Å². The lowest BCUT2D eigenvalue weighted by Gasteiger charge is -2.25. The maximum absolute atomic E-state index is 13.1. The molecule has 0 spiro atoms. The lowest BCUT2D eigenvalue weighted by Crippen LogP contribution is -2.44. The van der Waals surface area contributed by atoms with Crippen molar-refractivity contribution < 1.29 is 18.7 Å². The summed E-state index contributed by atoms with van der Waals surface area (Å²) in [5.74, 6) is -0.710. The molecule has 0 aliphatic heterocycles. The molecule has 0 radical (unpaired) electrons. The van der Waals surface area contributed by atoms with Crippen molar-refractivity contribution in [3.63, 3.8) is 0 Å². The molecule has 0 atom stereocenters. The highest BCUT2D eigenvalue weighted by molar-refractivity contribution is 5.99. The molecule has 1 aliphatic carbocycles. The third-order valence-electron chi connectivity index (χ3n) is 5.00. The van der Waals surface area contributed by atoms with Crippen LogP contribution >= 0.6 is 0 Å². The number of carbonyl (C=O) groups excluding carboxylic acids is 2. The topological polar surface area (TPSA) is 93.2 Å². The van der Waals surface area contributed by atoms with Gasteiger partial charge in [0, 0.05) is 24.4 Å². The first-order chi connectivity index (χ1) is 13.8. The van der Waals surface area contributed by atoms with Crippen molar-refractivity contribution in [3.05, 3.63) is 53.6 Å². The Morgan fingerprint density at radius 2 is 1.79 bits per heavy atom. The zero-order valence-corrected chi connectivity index (χ0v) is 16.8. The van der Waals surface area contributed by atoms with Gasteiger partial charge in [-0.1, -0.05) is 26.0 Å². The molecule has 0 unspecified atom stereocenters. The smallest absolute Gasteiger partial charge is 0.331 e. The summed E-state index contributed by atoms with van der Waals surface area (Å²) in [6.45, 7) is 6.58. The van der Waals surface area contributed by atoms with Gasteiger partial charge in [-0.2, -0.15) is 0 Å². The number of hydrogen-bond acceptors (Lipinski definition) is 6. The first kappa shape index (κ1) is 20.7. The summed E-state index contributed by atoms with van der Waals surface area (Å²) in [5, 5.41) is 5.86. The van der Waals surface area contributed by atoms with E-state index in [1.807, 2.05) is 13.8 Å². The molecule has 1 fully saturated rings. The van der Waals surface area contributed by atoms with E-state index in [1.54, 1.807) is 19.1 Å². The molecular weight excluding hydrogens is 375 g/mol. The molecule has 1 saturated carbocycles. The van der Waals surface area contributed by atoms with Crippen molar-refractivity contribution >= 4 is 17.8 Å². The predicted octanol–water partition coefficient (Wildman–Crippen LogP) is 2.83. The minimum Gasteiger partial charge on any atom is -0.464 e. The molecule has 1 aromatic carbocycles.